The molecule has 2 aromatic rings. The highest BCUT2D eigenvalue weighted by Crippen LogP contribution is 2.18. The summed E-state index contributed by atoms with van der Waals surface area (Å²) in [6.07, 6.45) is 1.79. The summed E-state index contributed by atoms with van der Waals surface area (Å²) in [4.78, 5) is 12.8. The van der Waals surface area contributed by atoms with Crippen LogP contribution in [0.1, 0.15) is 11.4 Å². The van der Waals surface area contributed by atoms with Crippen molar-refractivity contribution in [1.29, 1.82) is 0 Å². The molecule has 1 N–H and O–H groups in total. The lowest BCUT2D eigenvalue weighted by molar-refractivity contribution is 1.09. The molecule has 0 spiro atoms. The predicted molar refractivity (Wildman–Crippen MR) is 64.3 cm³/mol. The van der Waals surface area contributed by atoms with E-state index in [9.17, 15) is 0 Å². The van der Waals surface area contributed by atoms with Gasteiger partial charge in [-0.1, -0.05) is 0 Å². The van der Waals surface area contributed by atoms with Crippen LogP contribution in [0.4, 0.5) is 5.95 Å². The second kappa shape index (κ2) is 4.26. The van der Waals surface area contributed by atoms with Gasteiger partial charge in [-0.3, -0.25) is 4.98 Å². The van der Waals surface area contributed by atoms with E-state index in [4.69, 9.17) is 0 Å². The van der Waals surface area contributed by atoms with Gasteiger partial charge in [-0.15, -0.1) is 0 Å². The van der Waals surface area contributed by atoms with Crippen LogP contribution in [-0.4, -0.2) is 22.0 Å². The molecule has 0 bridgehead atoms. The van der Waals surface area contributed by atoms with Crippen LogP contribution in [-0.2, 0) is 0 Å². The highest BCUT2D eigenvalue weighted by Gasteiger charge is 2.03. The first-order chi connectivity index (χ1) is 7.69. The Morgan fingerprint density at radius 3 is 2.56 bits per heavy atom. The van der Waals surface area contributed by atoms with Crippen molar-refractivity contribution in [3.63, 3.8) is 0 Å². The molecule has 82 valence electrons. The second-order valence-corrected chi connectivity index (χ2v) is 3.65. The van der Waals surface area contributed by atoms with E-state index in [1.54, 1.807) is 6.20 Å². The lowest BCUT2D eigenvalue weighted by atomic mass is 10.1. The quantitative estimate of drug-likeness (QED) is 0.832. The lowest BCUT2D eigenvalue weighted by Crippen LogP contribution is -1.99. The van der Waals surface area contributed by atoms with Gasteiger partial charge in [0.15, 0.2) is 0 Å². The molecule has 0 radical (unpaired) electrons. The average molecular weight is 214 g/mol. The zero-order chi connectivity index (χ0) is 11.5. The number of hydrogen-bond donors (Lipinski definition) is 1. The summed E-state index contributed by atoms with van der Waals surface area (Å²) in [7, 11) is 1.82. The van der Waals surface area contributed by atoms with Gasteiger partial charge in [0.2, 0.25) is 5.95 Å². The zero-order valence-corrected chi connectivity index (χ0v) is 9.65. The van der Waals surface area contributed by atoms with Gasteiger partial charge in [0.05, 0.1) is 5.69 Å². The Morgan fingerprint density at radius 2 is 1.88 bits per heavy atom. The SMILES string of the molecule is CNc1nc(C)cc(-c2ccnc(C)c2)n1. The fourth-order valence-corrected chi connectivity index (χ4v) is 1.53. The first-order valence-corrected chi connectivity index (χ1v) is 5.15. The molecule has 0 unspecified atom stereocenters. The third kappa shape index (κ3) is 2.16. The zero-order valence-electron chi connectivity index (χ0n) is 9.65. The third-order valence-electron chi connectivity index (χ3n) is 2.27. The average Bonchev–Trinajstić information content (AvgIpc) is 2.28. The number of nitrogens with one attached hydrogen (secondary N) is 1. The van der Waals surface area contributed by atoms with E-state index >= 15 is 0 Å². The maximum absolute atomic E-state index is 4.41. The Hall–Kier alpha value is -1.97. The number of aryl methyl sites for hydroxylation is 2. The summed E-state index contributed by atoms with van der Waals surface area (Å²) in [5.41, 5.74) is 3.92. The molecule has 16 heavy (non-hydrogen) atoms. The van der Waals surface area contributed by atoms with Crippen molar-refractivity contribution >= 4 is 5.95 Å². The molecule has 0 saturated carbocycles. The highest BCUT2D eigenvalue weighted by atomic mass is 15.1. The first kappa shape index (κ1) is 10.5. The van der Waals surface area contributed by atoms with E-state index in [1.165, 1.54) is 0 Å². The Bertz CT molecular complexity index is 508. The summed E-state index contributed by atoms with van der Waals surface area (Å²) >= 11 is 0. The van der Waals surface area contributed by atoms with Crippen molar-refractivity contribution < 1.29 is 0 Å². The summed E-state index contributed by atoms with van der Waals surface area (Å²) in [6, 6.07) is 5.94. The number of aromatic nitrogens is 3. The number of pyridine rings is 1. The minimum Gasteiger partial charge on any atom is -0.357 e. The third-order valence-corrected chi connectivity index (χ3v) is 2.27. The maximum Gasteiger partial charge on any atom is 0.223 e. The molecule has 0 fully saturated rings. The van der Waals surface area contributed by atoms with Crippen LogP contribution in [0.3, 0.4) is 0 Å². The standard InChI is InChI=1S/C12H14N4/c1-8-6-10(4-5-14-8)11-7-9(2)15-12(13-3)16-11/h4-7H,1-3H3,(H,13,15,16). The number of rotatable bonds is 2. The smallest absolute Gasteiger partial charge is 0.223 e. The molecule has 0 aliphatic heterocycles. The van der Waals surface area contributed by atoms with Gasteiger partial charge in [0.1, 0.15) is 0 Å². The molecular formula is C12H14N4. The molecule has 0 saturated heterocycles. The minimum absolute atomic E-state index is 0.643. The van der Waals surface area contributed by atoms with Gasteiger partial charge in [0.25, 0.3) is 0 Å². The Kier molecular flexibility index (Phi) is 2.81. The summed E-state index contributed by atoms with van der Waals surface area (Å²) in [5, 5.41) is 2.95. The summed E-state index contributed by atoms with van der Waals surface area (Å²) < 4.78 is 0. The molecule has 2 rings (SSSR count). The van der Waals surface area contributed by atoms with Crippen molar-refractivity contribution in [1.82, 2.24) is 15.0 Å². The van der Waals surface area contributed by atoms with Crippen LogP contribution in [0.5, 0.6) is 0 Å². The van der Waals surface area contributed by atoms with E-state index in [2.05, 4.69) is 20.3 Å². The molecule has 4 heteroatoms. The molecule has 4 nitrogen and oxygen atoms in total. The Labute approximate surface area is 94.8 Å². The lowest BCUT2D eigenvalue weighted by Gasteiger charge is -2.05. The molecular weight excluding hydrogens is 200 g/mol. The van der Waals surface area contributed by atoms with Gasteiger partial charge < -0.3 is 5.32 Å². The molecule has 2 heterocycles. The van der Waals surface area contributed by atoms with Crippen LogP contribution in [0, 0.1) is 13.8 Å². The van der Waals surface area contributed by atoms with Crippen molar-refractivity contribution in [2.24, 2.45) is 0 Å². The number of hydrogen-bond acceptors (Lipinski definition) is 4. The van der Waals surface area contributed by atoms with E-state index in [1.807, 2.05) is 39.1 Å². The first-order valence-electron chi connectivity index (χ1n) is 5.15. The van der Waals surface area contributed by atoms with E-state index < -0.39 is 0 Å². The molecule has 2 aromatic heterocycles. The monoisotopic (exact) mass is 214 g/mol. The number of nitrogens with zero attached hydrogens (tertiary/aromatic N) is 3. The van der Waals surface area contributed by atoms with Crippen molar-refractivity contribution in [2.45, 2.75) is 13.8 Å². The Balaban J connectivity index is 2.51. The van der Waals surface area contributed by atoms with Crippen molar-refractivity contribution in [3.05, 3.63) is 35.8 Å². The van der Waals surface area contributed by atoms with Crippen LogP contribution in [0.15, 0.2) is 24.4 Å². The fourth-order valence-electron chi connectivity index (χ4n) is 1.53. The highest BCUT2D eigenvalue weighted by molar-refractivity contribution is 5.60. The molecule has 0 aromatic carbocycles. The van der Waals surface area contributed by atoms with Gasteiger partial charge >= 0.3 is 0 Å². The van der Waals surface area contributed by atoms with Crippen LogP contribution in [0.25, 0.3) is 11.3 Å². The summed E-state index contributed by atoms with van der Waals surface area (Å²) in [6.45, 7) is 3.93. The van der Waals surface area contributed by atoms with E-state index in [0.29, 0.717) is 5.95 Å². The predicted octanol–water partition coefficient (Wildman–Crippen LogP) is 2.20. The van der Waals surface area contributed by atoms with Gasteiger partial charge in [-0.2, -0.15) is 0 Å². The normalized spacial score (nSPS) is 10.2. The van der Waals surface area contributed by atoms with Gasteiger partial charge in [0, 0.05) is 30.2 Å². The van der Waals surface area contributed by atoms with Gasteiger partial charge in [-0.05, 0) is 32.0 Å². The van der Waals surface area contributed by atoms with E-state index in [0.717, 1.165) is 22.6 Å². The second-order valence-electron chi connectivity index (χ2n) is 3.65. The number of anilines is 1. The molecule has 0 amide bonds. The topological polar surface area (TPSA) is 50.7 Å². The van der Waals surface area contributed by atoms with Crippen LogP contribution < -0.4 is 5.32 Å². The minimum atomic E-state index is 0.643. The van der Waals surface area contributed by atoms with Gasteiger partial charge in [-0.25, -0.2) is 9.97 Å². The maximum atomic E-state index is 4.41. The van der Waals surface area contributed by atoms with Crippen LogP contribution in [0.2, 0.25) is 0 Å². The molecule has 0 aliphatic rings. The van der Waals surface area contributed by atoms with E-state index in [-0.39, 0.29) is 0 Å². The van der Waals surface area contributed by atoms with Crippen LogP contribution >= 0.6 is 0 Å². The van der Waals surface area contributed by atoms with Crippen molar-refractivity contribution in [2.75, 3.05) is 12.4 Å². The Morgan fingerprint density at radius 1 is 1.06 bits per heavy atom. The van der Waals surface area contributed by atoms with Crippen molar-refractivity contribution in [3.8, 4) is 11.3 Å². The molecule has 0 aliphatic carbocycles. The molecule has 0 atom stereocenters. The summed E-state index contributed by atoms with van der Waals surface area (Å²) in [5.74, 6) is 0.643. The largest absolute Gasteiger partial charge is 0.357 e. The fraction of sp³-hybridized carbons (Fsp3) is 0.250.